The molecule has 0 radical (unpaired) electrons. The summed E-state index contributed by atoms with van der Waals surface area (Å²) < 4.78 is 0. The van der Waals surface area contributed by atoms with E-state index in [0.717, 1.165) is 0 Å². The SMILES string of the molecule is O=COOc1ccc([N+](=O)[O-])c2cccnc12. The van der Waals surface area contributed by atoms with E-state index in [0.29, 0.717) is 5.39 Å². The van der Waals surface area contributed by atoms with Crippen molar-refractivity contribution in [1.29, 1.82) is 0 Å². The first-order valence-corrected chi connectivity index (χ1v) is 4.53. The van der Waals surface area contributed by atoms with Crippen molar-refractivity contribution in [3.8, 4) is 5.75 Å². The minimum absolute atomic E-state index is 0.0912. The van der Waals surface area contributed by atoms with Gasteiger partial charge in [-0.1, -0.05) is 0 Å². The molecule has 0 atom stereocenters. The maximum atomic E-state index is 10.8. The molecular weight excluding hydrogens is 228 g/mol. The van der Waals surface area contributed by atoms with Crippen molar-refractivity contribution < 1.29 is 19.5 Å². The number of carbonyl (C=O) groups excluding carboxylic acids is 1. The topological polar surface area (TPSA) is 91.6 Å². The number of benzene rings is 1. The molecule has 0 aliphatic heterocycles. The quantitative estimate of drug-likeness (QED) is 0.345. The predicted molar refractivity (Wildman–Crippen MR) is 56.2 cm³/mol. The molecule has 0 N–H and O–H groups in total. The summed E-state index contributed by atoms with van der Waals surface area (Å²) in [4.78, 5) is 33.0. The highest BCUT2D eigenvalue weighted by molar-refractivity contribution is 5.92. The summed E-state index contributed by atoms with van der Waals surface area (Å²) in [5.74, 6) is 0.137. The molecule has 0 saturated heterocycles. The maximum absolute atomic E-state index is 10.8. The highest BCUT2D eigenvalue weighted by atomic mass is 17.2. The molecule has 17 heavy (non-hydrogen) atoms. The van der Waals surface area contributed by atoms with Crippen molar-refractivity contribution in [1.82, 2.24) is 4.98 Å². The number of nitro benzene ring substituents is 1. The van der Waals surface area contributed by atoms with Gasteiger partial charge in [0.15, 0.2) is 0 Å². The molecule has 7 heteroatoms. The van der Waals surface area contributed by atoms with Crippen molar-refractivity contribution in [3.63, 3.8) is 0 Å². The van der Waals surface area contributed by atoms with E-state index in [1.165, 1.54) is 24.4 Å². The van der Waals surface area contributed by atoms with Gasteiger partial charge < -0.3 is 0 Å². The lowest BCUT2D eigenvalue weighted by molar-refractivity contribution is -0.383. The van der Waals surface area contributed by atoms with Crippen LogP contribution in [-0.2, 0) is 9.68 Å². The second-order valence-corrected chi connectivity index (χ2v) is 3.02. The third-order valence-electron chi connectivity index (χ3n) is 2.08. The summed E-state index contributed by atoms with van der Waals surface area (Å²) in [6, 6.07) is 5.68. The van der Waals surface area contributed by atoms with Gasteiger partial charge in [0.1, 0.15) is 5.52 Å². The largest absolute Gasteiger partial charge is 0.343 e. The minimum atomic E-state index is -0.519. The van der Waals surface area contributed by atoms with Gasteiger partial charge in [-0.3, -0.25) is 29.7 Å². The minimum Gasteiger partial charge on any atom is -0.285 e. The van der Waals surface area contributed by atoms with Gasteiger partial charge in [0, 0.05) is 12.3 Å². The van der Waals surface area contributed by atoms with E-state index in [4.69, 9.17) is 0 Å². The summed E-state index contributed by atoms with van der Waals surface area (Å²) in [7, 11) is 0. The Hall–Kier alpha value is -2.70. The standard InChI is InChI=1S/C10H6N2O5/c13-6-16-17-9-4-3-8(12(14)15)7-2-1-5-11-10(7)9/h1-6H. The van der Waals surface area contributed by atoms with Crippen LogP contribution >= 0.6 is 0 Å². The lowest BCUT2D eigenvalue weighted by Crippen LogP contribution is -1.97. The number of hydrogen-bond acceptors (Lipinski definition) is 6. The molecular formula is C10H6N2O5. The summed E-state index contributed by atoms with van der Waals surface area (Å²) >= 11 is 0. The number of carbonyl (C=O) groups is 1. The Labute approximate surface area is 94.7 Å². The molecule has 2 aromatic rings. The first-order chi connectivity index (χ1) is 8.24. The van der Waals surface area contributed by atoms with E-state index in [9.17, 15) is 14.9 Å². The zero-order valence-corrected chi connectivity index (χ0v) is 8.40. The fourth-order valence-electron chi connectivity index (χ4n) is 1.43. The van der Waals surface area contributed by atoms with Crippen LogP contribution in [0.2, 0.25) is 0 Å². The number of non-ortho nitro benzene ring substituents is 1. The summed E-state index contributed by atoms with van der Waals surface area (Å²) in [5, 5.41) is 11.1. The van der Waals surface area contributed by atoms with Crippen LogP contribution in [0.5, 0.6) is 5.75 Å². The monoisotopic (exact) mass is 234 g/mol. The van der Waals surface area contributed by atoms with E-state index >= 15 is 0 Å². The molecule has 86 valence electrons. The Bertz CT molecular complexity index is 584. The Balaban J connectivity index is 2.61. The van der Waals surface area contributed by atoms with E-state index in [-0.39, 0.29) is 23.4 Å². The maximum Gasteiger partial charge on any atom is 0.343 e. The number of hydrogen-bond donors (Lipinski definition) is 0. The Morgan fingerprint density at radius 3 is 2.88 bits per heavy atom. The van der Waals surface area contributed by atoms with Crippen molar-refractivity contribution in [2.75, 3.05) is 0 Å². The molecule has 2 rings (SSSR count). The average Bonchev–Trinajstić information content (AvgIpc) is 2.35. The Kier molecular flexibility index (Phi) is 2.82. The van der Waals surface area contributed by atoms with Crippen molar-refractivity contribution >= 4 is 23.1 Å². The molecule has 0 aliphatic carbocycles. The summed E-state index contributed by atoms with van der Waals surface area (Å²) in [6.45, 7) is 0.107. The number of aromatic nitrogens is 1. The Morgan fingerprint density at radius 2 is 2.18 bits per heavy atom. The van der Waals surface area contributed by atoms with Crippen LogP contribution < -0.4 is 4.89 Å². The second-order valence-electron chi connectivity index (χ2n) is 3.02. The lowest BCUT2D eigenvalue weighted by atomic mass is 10.2. The van der Waals surface area contributed by atoms with Crippen LogP contribution in [0.15, 0.2) is 30.5 Å². The summed E-state index contributed by atoms with van der Waals surface area (Å²) in [6.07, 6.45) is 1.46. The molecule has 0 saturated carbocycles. The van der Waals surface area contributed by atoms with Crippen LogP contribution in [0.25, 0.3) is 10.9 Å². The number of rotatable bonds is 4. The van der Waals surface area contributed by atoms with Crippen LogP contribution in [0.4, 0.5) is 5.69 Å². The molecule has 7 nitrogen and oxygen atoms in total. The molecule has 0 bridgehead atoms. The molecule has 1 aromatic carbocycles. The number of fused-ring (bicyclic) bond motifs is 1. The van der Waals surface area contributed by atoms with Crippen molar-refractivity contribution in [3.05, 3.63) is 40.6 Å². The fraction of sp³-hybridized carbons (Fsp3) is 0. The fourth-order valence-corrected chi connectivity index (χ4v) is 1.43. The smallest absolute Gasteiger partial charge is 0.285 e. The zero-order valence-electron chi connectivity index (χ0n) is 8.40. The normalized spacial score (nSPS) is 9.88. The number of nitro groups is 1. The van der Waals surface area contributed by atoms with Gasteiger partial charge >= 0.3 is 6.47 Å². The Morgan fingerprint density at radius 1 is 1.35 bits per heavy atom. The molecule has 1 heterocycles. The molecule has 0 spiro atoms. The van der Waals surface area contributed by atoms with Crippen LogP contribution in [-0.4, -0.2) is 16.4 Å². The number of pyridine rings is 1. The van der Waals surface area contributed by atoms with Gasteiger partial charge in [-0.25, -0.2) is 0 Å². The van der Waals surface area contributed by atoms with Gasteiger partial charge in [0.25, 0.3) is 5.69 Å². The van der Waals surface area contributed by atoms with Gasteiger partial charge in [-0.2, -0.15) is 0 Å². The summed E-state index contributed by atoms with van der Waals surface area (Å²) in [5.41, 5.74) is 0.162. The van der Waals surface area contributed by atoms with Gasteiger partial charge in [-0.05, 0) is 18.2 Å². The first kappa shape index (κ1) is 10.8. The van der Waals surface area contributed by atoms with Crippen molar-refractivity contribution in [2.24, 2.45) is 0 Å². The van der Waals surface area contributed by atoms with Crippen LogP contribution in [0.3, 0.4) is 0 Å². The van der Waals surface area contributed by atoms with E-state index in [1.807, 2.05) is 0 Å². The second kappa shape index (κ2) is 4.44. The van der Waals surface area contributed by atoms with Crippen molar-refractivity contribution in [2.45, 2.75) is 0 Å². The van der Waals surface area contributed by atoms with E-state index in [2.05, 4.69) is 14.8 Å². The highest BCUT2D eigenvalue weighted by Crippen LogP contribution is 2.31. The van der Waals surface area contributed by atoms with E-state index < -0.39 is 4.92 Å². The van der Waals surface area contributed by atoms with E-state index in [1.54, 1.807) is 6.07 Å². The lowest BCUT2D eigenvalue weighted by Gasteiger charge is -2.04. The molecule has 0 amide bonds. The van der Waals surface area contributed by atoms with Crippen LogP contribution in [0.1, 0.15) is 0 Å². The molecule has 0 aliphatic rings. The third-order valence-corrected chi connectivity index (χ3v) is 2.08. The molecule has 0 fully saturated rings. The average molecular weight is 234 g/mol. The van der Waals surface area contributed by atoms with Gasteiger partial charge in [0.05, 0.1) is 10.3 Å². The first-order valence-electron chi connectivity index (χ1n) is 4.53. The zero-order chi connectivity index (χ0) is 12.3. The van der Waals surface area contributed by atoms with Crippen LogP contribution in [0, 0.1) is 10.1 Å². The molecule has 1 aromatic heterocycles. The molecule has 0 unspecified atom stereocenters. The van der Waals surface area contributed by atoms with Gasteiger partial charge in [0.2, 0.25) is 5.75 Å². The van der Waals surface area contributed by atoms with Gasteiger partial charge in [-0.15, -0.1) is 0 Å². The highest BCUT2D eigenvalue weighted by Gasteiger charge is 2.16. The third kappa shape index (κ3) is 1.98. The predicted octanol–water partition coefficient (Wildman–Crippen LogP) is 1.61. The number of nitrogens with zero attached hydrogens (tertiary/aromatic N) is 2.